The van der Waals surface area contributed by atoms with Crippen LogP contribution in [0.25, 0.3) is 0 Å². The number of aliphatic hydroxyl groups excluding tert-OH is 1. The molecule has 0 aromatic rings. The molecular formula is C12H25NO3. The molecule has 0 radical (unpaired) electrons. The van der Waals surface area contributed by atoms with E-state index in [1.165, 1.54) is 0 Å². The lowest BCUT2D eigenvalue weighted by molar-refractivity contribution is 0.0161. The van der Waals surface area contributed by atoms with Crippen molar-refractivity contribution in [1.29, 1.82) is 0 Å². The zero-order valence-corrected chi connectivity index (χ0v) is 11.1. The third kappa shape index (κ3) is 5.95. The molecule has 0 saturated heterocycles. The molecule has 0 saturated carbocycles. The molecule has 0 aromatic carbocycles. The van der Waals surface area contributed by atoms with Crippen LogP contribution in [0.1, 0.15) is 47.5 Å². The van der Waals surface area contributed by atoms with Gasteiger partial charge in [0.15, 0.2) is 0 Å². The number of hydrogen-bond donors (Lipinski definition) is 1. The number of carbonyl (C=O) groups is 1. The molecule has 1 unspecified atom stereocenters. The summed E-state index contributed by atoms with van der Waals surface area (Å²) in [7, 11) is 0. The van der Waals surface area contributed by atoms with Gasteiger partial charge in [0.1, 0.15) is 5.60 Å². The van der Waals surface area contributed by atoms with Gasteiger partial charge in [-0.2, -0.15) is 0 Å². The Labute approximate surface area is 98.6 Å². The Morgan fingerprint density at radius 2 is 2.00 bits per heavy atom. The van der Waals surface area contributed by atoms with Crippen LogP contribution in [0, 0.1) is 0 Å². The number of hydrogen-bond acceptors (Lipinski definition) is 3. The minimum atomic E-state index is -0.470. The summed E-state index contributed by atoms with van der Waals surface area (Å²) in [4.78, 5) is 13.6. The fraction of sp³-hybridized carbons (Fsp3) is 0.917. The summed E-state index contributed by atoms with van der Waals surface area (Å²) in [5, 5.41) is 8.81. The van der Waals surface area contributed by atoms with Crippen molar-refractivity contribution >= 4 is 6.09 Å². The first-order valence-corrected chi connectivity index (χ1v) is 5.92. The van der Waals surface area contributed by atoms with E-state index in [1.807, 2.05) is 34.6 Å². The van der Waals surface area contributed by atoms with E-state index < -0.39 is 5.60 Å². The largest absolute Gasteiger partial charge is 0.444 e. The molecule has 0 aliphatic carbocycles. The van der Waals surface area contributed by atoms with Crippen molar-refractivity contribution in [2.24, 2.45) is 0 Å². The maximum absolute atomic E-state index is 11.9. The molecule has 1 N–H and O–H groups in total. The summed E-state index contributed by atoms with van der Waals surface area (Å²) >= 11 is 0. The fourth-order valence-electron chi connectivity index (χ4n) is 1.27. The van der Waals surface area contributed by atoms with Crippen molar-refractivity contribution in [3.63, 3.8) is 0 Å². The second-order valence-electron chi connectivity index (χ2n) is 5.01. The van der Waals surface area contributed by atoms with E-state index in [0.717, 1.165) is 6.42 Å². The lowest BCUT2D eigenvalue weighted by Crippen LogP contribution is -2.42. The quantitative estimate of drug-likeness (QED) is 0.790. The maximum atomic E-state index is 11.9. The topological polar surface area (TPSA) is 49.8 Å². The summed E-state index contributed by atoms with van der Waals surface area (Å²) in [6.07, 6.45) is 1.17. The highest BCUT2D eigenvalue weighted by atomic mass is 16.6. The SMILES string of the molecule is CCC(C)N(CCCO)C(=O)OC(C)(C)C. The maximum Gasteiger partial charge on any atom is 0.410 e. The molecule has 96 valence electrons. The molecule has 0 bridgehead atoms. The lowest BCUT2D eigenvalue weighted by Gasteiger charge is -2.31. The second kappa shape index (κ2) is 6.74. The van der Waals surface area contributed by atoms with Gasteiger partial charge in [-0.1, -0.05) is 6.92 Å². The van der Waals surface area contributed by atoms with Gasteiger partial charge in [-0.25, -0.2) is 4.79 Å². The van der Waals surface area contributed by atoms with Gasteiger partial charge < -0.3 is 14.7 Å². The summed E-state index contributed by atoms with van der Waals surface area (Å²) in [6, 6.07) is 0.140. The van der Waals surface area contributed by atoms with Crippen molar-refractivity contribution in [2.75, 3.05) is 13.2 Å². The van der Waals surface area contributed by atoms with E-state index in [2.05, 4.69) is 0 Å². The zero-order chi connectivity index (χ0) is 12.8. The van der Waals surface area contributed by atoms with Crippen LogP contribution in [-0.2, 0) is 4.74 Å². The highest BCUT2D eigenvalue weighted by Gasteiger charge is 2.24. The fourth-order valence-corrected chi connectivity index (χ4v) is 1.27. The van der Waals surface area contributed by atoms with Gasteiger partial charge in [-0.05, 0) is 40.5 Å². The highest BCUT2D eigenvalue weighted by molar-refractivity contribution is 5.68. The summed E-state index contributed by atoms with van der Waals surface area (Å²) in [5.41, 5.74) is -0.470. The number of ether oxygens (including phenoxy) is 1. The summed E-state index contributed by atoms with van der Waals surface area (Å²) < 4.78 is 5.33. The minimum Gasteiger partial charge on any atom is -0.444 e. The van der Waals surface area contributed by atoms with Crippen LogP contribution in [0.4, 0.5) is 4.79 Å². The van der Waals surface area contributed by atoms with E-state index in [1.54, 1.807) is 4.90 Å². The van der Waals surface area contributed by atoms with Gasteiger partial charge in [0.25, 0.3) is 0 Å². The second-order valence-corrected chi connectivity index (χ2v) is 5.01. The number of carbonyl (C=O) groups excluding carboxylic acids is 1. The van der Waals surface area contributed by atoms with Crippen LogP contribution in [0.15, 0.2) is 0 Å². The number of aliphatic hydroxyl groups is 1. The average molecular weight is 231 g/mol. The molecule has 0 aliphatic rings. The lowest BCUT2D eigenvalue weighted by atomic mass is 10.2. The normalized spacial score (nSPS) is 13.4. The molecule has 0 rings (SSSR count). The third-order valence-electron chi connectivity index (χ3n) is 2.31. The molecule has 0 fully saturated rings. The first-order valence-electron chi connectivity index (χ1n) is 5.92. The Balaban J connectivity index is 4.43. The van der Waals surface area contributed by atoms with Gasteiger partial charge in [-0.3, -0.25) is 0 Å². The van der Waals surface area contributed by atoms with E-state index in [-0.39, 0.29) is 18.7 Å². The van der Waals surface area contributed by atoms with Gasteiger partial charge in [0, 0.05) is 19.2 Å². The number of rotatable bonds is 5. The first kappa shape index (κ1) is 15.2. The van der Waals surface area contributed by atoms with Crippen LogP contribution in [0.3, 0.4) is 0 Å². The Morgan fingerprint density at radius 1 is 1.44 bits per heavy atom. The van der Waals surface area contributed by atoms with Crippen LogP contribution >= 0.6 is 0 Å². The molecule has 1 amide bonds. The Hall–Kier alpha value is -0.770. The van der Waals surface area contributed by atoms with Crippen LogP contribution in [0.2, 0.25) is 0 Å². The molecule has 16 heavy (non-hydrogen) atoms. The standard InChI is InChI=1S/C12H25NO3/c1-6-10(2)13(8-7-9-14)11(15)16-12(3,4)5/h10,14H,6-9H2,1-5H3. The van der Waals surface area contributed by atoms with E-state index in [0.29, 0.717) is 13.0 Å². The molecule has 0 aliphatic heterocycles. The number of amides is 1. The van der Waals surface area contributed by atoms with Crippen molar-refractivity contribution < 1.29 is 14.6 Å². The van der Waals surface area contributed by atoms with E-state index >= 15 is 0 Å². The molecular weight excluding hydrogens is 206 g/mol. The molecule has 0 heterocycles. The first-order chi connectivity index (χ1) is 7.31. The number of nitrogens with zero attached hydrogens (tertiary/aromatic N) is 1. The van der Waals surface area contributed by atoms with E-state index in [4.69, 9.17) is 9.84 Å². The molecule has 4 heteroatoms. The Bertz CT molecular complexity index is 211. The van der Waals surface area contributed by atoms with Gasteiger partial charge >= 0.3 is 6.09 Å². The average Bonchev–Trinajstić information content (AvgIpc) is 2.15. The molecule has 0 aromatic heterocycles. The predicted molar refractivity (Wildman–Crippen MR) is 64.4 cm³/mol. The molecule has 0 spiro atoms. The van der Waals surface area contributed by atoms with Gasteiger partial charge in [0.05, 0.1) is 0 Å². The van der Waals surface area contributed by atoms with E-state index in [9.17, 15) is 4.79 Å². The van der Waals surface area contributed by atoms with Crippen LogP contribution < -0.4 is 0 Å². The van der Waals surface area contributed by atoms with Gasteiger partial charge in [0.2, 0.25) is 0 Å². The summed E-state index contributed by atoms with van der Waals surface area (Å²) in [6.45, 7) is 10.2. The predicted octanol–water partition coefficient (Wildman–Crippen LogP) is 2.40. The van der Waals surface area contributed by atoms with Crippen molar-refractivity contribution in [3.05, 3.63) is 0 Å². The molecule has 4 nitrogen and oxygen atoms in total. The Morgan fingerprint density at radius 3 is 2.38 bits per heavy atom. The van der Waals surface area contributed by atoms with Crippen molar-refractivity contribution in [3.8, 4) is 0 Å². The molecule has 1 atom stereocenters. The van der Waals surface area contributed by atoms with Crippen molar-refractivity contribution in [1.82, 2.24) is 4.90 Å². The highest BCUT2D eigenvalue weighted by Crippen LogP contribution is 2.13. The Kier molecular flexibility index (Phi) is 6.41. The van der Waals surface area contributed by atoms with Crippen LogP contribution in [-0.4, -0.2) is 40.9 Å². The smallest absolute Gasteiger partial charge is 0.410 e. The summed E-state index contributed by atoms with van der Waals surface area (Å²) in [5.74, 6) is 0. The van der Waals surface area contributed by atoms with Crippen LogP contribution in [0.5, 0.6) is 0 Å². The van der Waals surface area contributed by atoms with Crippen molar-refractivity contribution in [2.45, 2.75) is 59.1 Å². The van der Waals surface area contributed by atoms with Gasteiger partial charge in [-0.15, -0.1) is 0 Å². The zero-order valence-electron chi connectivity index (χ0n) is 11.1. The minimum absolute atomic E-state index is 0.0930. The monoisotopic (exact) mass is 231 g/mol. The third-order valence-corrected chi connectivity index (χ3v) is 2.31.